The highest BCUT2D eigenvalue weighted by molar-refractivity contribution is 7.96. The van der Waals surface area contributed by atoms with Crippen molar-refractivity contribution in [3.63, 3.8) is 0 Å². The molecule has 1 aliphatic carbocycles. The summed E-state index contributed by atoms with van der Waals surface area (Å²) in [6.45, 7) is 1.93. The molecule has 7 heteroatoms. The van der Waals surface area contributed by atoms with E-state index in [1.165, 1.54) is 24.3 Å². The van der Waals surface area contributed by atoms with Crippen molar-refractivity contribution in [1.82, 2.24) is 0 Å². The number of hydrogen-bond donors (Lipinski definition) is 0. The molecule has 0 aromatic heterocycles. The van der Waals surface area contributed by atoms with E-state index in [9.17, 15) is 16.8 Å². The number of sulfone groups is 2. The normalized spacial score (nSPS) is 21.3. The van der Waals surface area contributed by atoms with Crippen LogP contribution in [-0.4, -0.2) is 27.3 Å². The molecule has 0 aliphatic heterocycles. The lowest BCUT2D eigenvalue weighted by atomic mass is 10.1. The van der Waals surface area contributed by atoms with Gasteiger partial charge in [-0.15, -0.1) is 0 Å². The van der Waals surface area contributed by atoms with Crippen LogP contribution in [0.5, 0.6) is 0 Å². The SMILES string of the molecule is Cc1ccc(CS(=O)(=O)[C@H]2C(S(=O)(=O)c3ccc(Cl)cc3)[C@H]2c2ccccc2)cc1. The molecule has 0 radical (unpaired) electrons. The molecule has 1 unspecified atom stereocenters. The topological polar surface area (TPSA) is 68.3 Å². The molecule has 1 fully saturated rings. The van der Waals surface area contributed by atoms with E-state index in [1.807, 2.05) is 25.1 Å². The zero-order valence-electron chi connectivity index (χ0n) is 16.3. The van der Waals surface area contributed by atoms with Gasteiger partial charge in [0.2, 0.25) is 0 Å². The summed E-state index contributed by atoms with van der Waals surface area (Å²) in [7, 11) is -7.55. The first-order chi connectivity index (χ1) is 14.2. The summed E-state index contributed by atoms with van der Waals surface area (Å²) in [5, 5.41) is -1.58. The fourth-order valence-electron chi connectivity index (χ4n) is 3.90. The first-order valence-electron chi connectivity index (χ1n) is 9.52. The summed E-state index contributed by atoms with van der Waals surface area (Å²) >= 11 is 5.89. The first kappa shape index (κ1) is 21.1. The van der Waals surface area contributed by atoms with Crippen LogP contribution in [0.3, 0.4) is 0 Å². The van der Waals surface area contributed by atoms with E-state index >= 15 is 0 Å². The van der Waals surface area contributed by atoms with Crippen LogP contribution in [-0.2, 0) is 25.4 Å². The van der Waals surface area contributed by atoms with E-state index in [2.05, 4.69) is 0 Å². The lowest BCUT2D eigenvalue weighted by molar-refractivity contribution is 0.586. The monoisotopic (exact) mass is 460 g/mol. The van der Waals surface area contributed by atoms with E-state index in [1.54, 1.807) is 36.4 Å². The predicted molar refractivity (Wildman–Crippen MR) is 119 cm³/mol. The molecule has 30 heavy (non-hydrogen) atoms. The van der Waals surface area contributed by atoms with E-state index in [4.69, 9.17) is 11.6 Å². The van der Waals surface area contributed by atoms with Gasteiger partial charge in [-0.1, -0.05) is 71.8 Å². The third-order valence-electron chi connectivity index (χ3n) is 5.48. The zero-order chi connectivity index (χ0) is 21.5. The maximum absolute atomic E-state index is 13.3. The lowest BCUT2D eigenvalue weighted by Crippen LogP contribution is -2.19. The summed E-state index contributed by atoms with van der Waals surface area (Å²) in [4.78, 5) is 0.0888. The van der Waals surface area contributed by atoms with Gasteiger partial charge in [-0.25, -0.2) is 16.8 Å². The number of benzene rings is 3. The van der Waals surface area contributed by atoms with Crippen molar-refractivity contribution in [3.8, 4) is 0 Å². The van der Waals surface area contributed by atoms with Crippen LogP contribution in [0, 0.1) is 6.92 Å². The Bertz CT molecular complexity index is 1250. The maximum Gasteiger partial charge on any atom is 0.183 e. The molecule has 3 aromatic rings. The van der Waals surface area contributed by atoms with E-state index < -0.39 is 36.1 Å². The van der Waals surface area contributed by atoms with E-state index in [0.29, 0.717) is 10.6 Å². The first-order valence-corrected chi connectivity index (χ1v) is 13.2. The molecule has 1 saturated carbocycles. The largest absolute Gasteiger partial charge is 0.228 e. The van der Waals surface area contributed by atoms with Crippen molar-refractivity contribution in [1.29, 1.82) is 0 Å². The number of aryl methyl sites for hydroxylation is 1. The predicted octanol–water partition coefficient (Wildman–Crippen LogP) is 4.57. The van der Waals surface area contributed by atoms with Crippen LogP contribution >= 0.6 is 11.6 Å². The van der Waals surface area contributed by atoms with Crippen molar-refractivity contribution in [2.24, 2.45) is 0 Å². The fourth-order valence-corrected chi connectivity index (χ4v) is 9.16. The third kappa shape index (κ3) is 4.04. The Kier molecular flexibility index (Phi) is 5.51. The van der Waals surface area contributed by atoms with Crippen LogP contribution in [0.15, 0.2) is 83.8 Å². The zero-order valence-corrected chi connectivity index (χ0v) is 18.7. The summed E-state index contributed by atoms with van der Waals surface area (Å²) in [6.07, 6.45) is 0. The molecule has 0 amide bonds. The summed E-state index contributed by atoms with van der Waals surface area (Å²) in [6, 6.07) is 22.1. The summed E-state index contributed by atoms with van der Waals surface area (Å²) < 4.78 is 53.2. The van der Waals surface area contributed by atoms with Gasteiger partial charge < -0.3 is 0 Å². The Hall–Kier alpha value is -2.15. The molecule has 4 nitrogen and oxygen atoms in total. The van der Waals surface area contributed by atoms with Crippen LogP contribution in [0.25, 0.3) is 0 Å². The summed E-state index contributed by atoms with van der Waals surface area (Å²) in [5.74, 6) is -0.782. The van der Waals surface area contributed by atoms with Gasteiger partial charge >= 0.3 is 0 Å². The Balaban J connectivity index is 1.72. The van der Waals surface area contributed by atoms with Crippen molar-refractivity contribution in [2.45, 2.75) is 34.0 Å². The Labute approximate surface area is 182 Å². The van der Waals surface area contributed by atoms with E-state index in [0.717, 1.165) is 11.1 Å². The average Bonchev–Trinajstić information content (AvgIpc) is 3.49. The van der Waals surface area contributed by atoms with Gasteiger partial charge in [-0.3, -0.25) is 0 Å². The second kappa shape index (κ2) is 7.84. The minimum absolute atomic E-state index is 0.0888. The Morgan fingerprint density at radius 3 is 1.97 bits per heavy atom. The highest BCUT2D eigenvalue weighted by atomic mass is 35.5. The van der Waals surface area contributed by atoms with Gasteiger partial charge in [0.15, 0.2) is 19.7 Å². The van der Waals surface area contributed by atoms with Gasteiger partial charge in [-0.2, -0.15) is 0 Å². The minimum atomic E-state index is -3.85. The van der Waals surface area contributed by atoms with Gasteiger partial charge in [0, 0.05) is 10.9 Å². The molecular formula is C23H21ClO4S2. The maximum atomic E-state index is 13.3. The molecule has 0 spiro atoms. The fraction of sp³-hybridized carbons (Fsp3) is 0.217. The van der Waals surface area contributed by atoms with Crippen molar-refractivity contribution >= 4 is 31.3 Å². The van der Waals surface area contributed by atoms with Gasteiger partial charge in [0.25, 0.3) is 0 Å². The Morgan fingerprint density at radius 1 is 0.767 bits per heavy atom. The highest BCUT2D eigenvalue weighted by Crippen LogP contribution is 2.53. The van der Waals surface area contributed by atoms with Crippen molar-refractivity contribution in [2.75, 3.05) is 0 Å². The molecule has 1 aliphatic rings. The number of hydrogen-bond acceptors (Lipinski definition) is 4. The molecule has 0 N–H and O–H groups in total. The molecule has 3 aromatic carbocycles. The smallest absolute Gasteiger partial charge is 0.183 e. The van der Waals surface area contributed by atoms with Crippen LogP contribution in [0.1, 0.15) is 22.6 Å². The molecule has 4 rings (SSSR count). The van der Waals surface area contributed by atoms with Crippen LogP contribution < -0.4 is 0 Å². The van der Waals surface area contributed by atoms with Crippen LogP contribution in [0.4, 0.5) is 0 Å². The van der Waals surface area contributed by atoms with Gasteiger partial charge in [0.05, 0.1) is 21.1 Å². The molecule has 0 bridgehead atoms. The standard InChI is InChI=1S/C23H21ClO4S2/c1-16-7-9-17(10-8-16)15-29(25,26)22-21(18-5-3-2-4-6-18)23(22)30(27,28)20-13-11-19(24)12-14-20/h2-14,21-23H,15H2,1H3/t21-,22+,23?/m0/s1. The molecule has 3 atom stereocenters. The molecule has 0 saturated heterocycles. The average molecular weight is 461 g/mol. The number of halogens is 1. The third-order valence-corrected chi connectivity index (χ3v) is 10.3. The minimum Gasteiger partial charge on any atom is -0.228 e. The molecule has 156 valence electrons. The highest BCUT2D eigenvalue weighted by Gasteiger charge is 2.64. The second-order valence-electron chi connectivity index (χ2n) is 7.66. The van der Waals surface area contributed by atoms with E-state index in [-0.39, 0.29) is 10.6 Å². The second-order valence-corrected chi connectivity index (χ2v) is 12.4. The number of rotatable bonds is 6. The quantitative estimate of drug-likeness (QED) is 0.540. The molecular weight excluding hydrogens is 440 g/mol. The Morgan fingerprint density at radius 2 is 1.37 bits per heavy atom. The van der Waals surface area contributed by atoms with Crippen LogP contribution in [0.2, 0.25) is 5.02 Å². The summed E-state index contributed by atoms with van der Waals surface area (Å²) in [5.41, 5.74) is 2.41. The van der Waals surface area contributed by atoms with Gasteiger partial charge in [-0.05, 0) is 42.3 Å². The molecule has 0 heterocycles. The van der Waals surface area contributed by atoms with Crippen molar-refractivity contribution < 1.29 is 16.8 Å². The van der Waals surface area contributed by atoms with Crippen molar-refractivity contribution in [3.05, 3.63) is 101 Å². The van der Waals surface area contributed by atoms with Gasteiger partial charge in [0.1, 0.15) is 0 Å². The lowest BCUT2D eigenvalue weighted by Gasteiger charge is -2.06.